The molecule has 0 aromatic rings. The Balaban J connectivity index is -0.000000156. The Labute approximate surface area is 150 Å². The van der Waals surface area contributed by atoms with Crippen LogP contribution in [0.2, 0.25) is 0 Å². The standard InChI is InChI=1S/C13H26.C5H12O2.CH3.Ni/c1-10(12(3,4)5)9-11(2)13(6,7)8;1-4(6)3-5(2)7;;/h11H,1,9H2,2-8H3;4-7H,3H2,1-2H3;1H3;/q;;-1;. The van der Waals surface area contributed by atoms with Crippen LogP contribution in [0.3, 0.4) is 0 Å². The maximum absolute atomic E-state index is 8.56. The summed E-state index contributed by atoms with van der Waals surface area (Å²) in [5, 5.41) is 17.1. The van der Waals surface area contributed by atoms with Gasteiger partial charge in [-0.3, -0.25) is 0 Å². The molecule has 22 heavy (non-hydrogen) atoms. The van der Waals surface area contributed by atoms with Gasteiger partial charge in [0.15, 0.2) is 0 Å². The minimum absolute atomic E-state index is 0. The van der Waals surface area contributed by atoms with Crippen molar-refractivity contribution < 1.29 is 26.7 Å². The van der Waals surface area contributed by atoms with Gasteiger partial charge in [-0.15, -0.1) is 0 Å². The minimum Gasteiger partial charge on any atom is -0.393 e. The molecule has 3 unspecified atom stereocenters. The van der Waals surface area contributed by atoms with Gasteiger partial charge < -0.3 is 17.6 Å². The third-order valence-corrected chi connectivity index (χ3v) is 3.77. The number of aliphatic hydroxyl groups is 2. The molecule has 0 aliphatic heterocycles. The van der Waals surface area contributed by atoms with E-state index in [0.29, 0.717) is 17.8 Å². The van der Waals surface area contributed by atoms with Crippen LogP contribution in [0.15, 0.2) is 12.2 Å². The van der Waals surface area contributed by atoms with E-state index in [1.165, 1.54) is 5.57 Å². The second-order valence-corrected chi connectivity index (χ2v) is 8.26. The van der Waals surface area contributed by atoms with Gasteiger partial charge in [0.25, 0.3) is 0 Å². The molecule has 0 bridgehead atoms. The van der Waals surface area contributed by atoms with Gasteiger partial charge in [0.1, 0.15) is 0 Å². The van der Waals surface area contributed by atoms with Gasteiger partial charge in [0.2, 0.25) is 0 Å². The van der Waals surface area contributed by atoms with E-state index in [1.54, 1.807) is 13.8 Å². The summed E-state index contributed by atoms with van der Waals surface area (Å²) < 4.78 is 0. The zero-order valence-electron chi connectivity index (χ0n) is 16.6. The first-order chi connectivity index (χ1) is 8.67. The summed E-state index contributed by atoms with van der Waals surface area (Å²) in [6, 6.07) is 0. The summed E-state index contributed by atoms with van der Waals surface area (Å²) in [5.41, 5.74) is 2.03. The van der Waals surface area contributed by atoms with E-state index in [2.05, 4.69) is 55.0 Å². The van der Waals surface area contributed by atoms with Crippen molar-refractivity contribution in [1.29, 1.82) is 0 Å². The first kappa shape index (κ1) is 30.1. The number of aliphatic hydroxyl groups excluding tert-OH is 2. The predicted octanol–water partition coefficient (Wildman–Crippen LogP) is 5.25. The van der Waals surface area contributed by atoms with Gasteiger partial charge >= 0.3 is 0 Å². The molecule has 0 saturated carbocycles. The van der Waals surface area contributed by atoms with E-state index < -0.39 is 0 Å². The molecule has 0 aliphatic rings. The van der Waals surface area contributed by atoms with E-state index >= 15 is 0 Å². The molecule has 2 N–H and O–H groups in total. The fraction of sp³-hybridized carbons (Fsp3) is 0.842. The van der Waals surface area contributed by atoms with Crippen LogP contribution in [0.25, 0.3) is 0 Å². The van der Waals surface area contributed by atoms with E-state index in [0.717, 1.165) is 6.42 Å². The van der Waals surface area contributed by atoms with Crippen molar-refractivity contribution in [3.63, 3.8) is 0 Å². The molecule has 0 aromatic heterocycles. The largest absolute Gasteiger partial charge is 0.393 e. The van der Waals surface area contributed by atoms with E-state index in [1.807, 2.05) is 0 Å². The predicted molar refractivity (Wildman–Crippen MR) is 96.2 cm³/mol. The van der Waals surface area contributed by atoms with Crippen molar-refractivity contribution in [1.82, 2.24) is 0 Å². The Kier molecular flexibility index (Phi) is 17.2. The van der Waals surface area contributed by atoms with E-state index in [4.69, 9.17) is 10.2 Å². The number of hydrogen-bond donors (Lipinski definition) is 2. The Hall–Kier alpha value is 0.154. The zero-order chi connectivity index (χ0) is 16.7. The van der Waals surface area contributed by atoms with Crippen molar-refractivity contribution in [2.45, 2.75) is 87.4 Å². The second kappa shape index (κ2) is 12.6. The molecule has 0 radical (unpaired) electrons. The Morgan fingerprint density at radius 3 is 1.36 bits per heavy atom. The molecule has 0 aromatic carbocycles. The second-order valence-electron chi connectivity index (χ2n) is 8.26. The molecule has 0 heterocycles. The van der Waals surface area contributed by atoms with Crippen molar-refractivity contribution in [3.8, 4) is 0 Å². The van der Waals surface area contributed by atoms with Crippen LogP contribution in [-0.2, 0) is 16.5 Å². The molecule has 0 saturated heterocycles. The van der Waals surface area contributed by atoms with Crippen molar-refractivity contribution in [2.75, 3.05) is 0 Å². The molecule has 140 valence electrons. The van der Waals surface area contributed by atoms with Gasteiger partial charge in [-0.1, -0.05) is 60.6 Å². The summed E-state index contributed by atoms with van der Waals surface area (Å²) in [6.07, 6.45) is 0.868. The van der Waals surface area contributed by atoms with Gasteiger partial charge in [0, 0.05) is 16.5 Å². The van der Waals surface area contributed by atoms with Crippen LogP contribution in [-0.4, -0.2) is 22.4 Å². The summed E-state index contributed by atoms with van der Waals surface area (Å²) >= 11 is 0. The molecule has 0 rings (SSSR count). The van der Waals surface area contributed by atoms with Crippen LogP contribution in [0.5, 0.6) is 0 Å². The molecule has 3 atom stereocenters. The molecule has 0 aliphatic carbocycles. The van der Waals surface area contributed by atoms with Gasteiger partial charge in [0.05, 0.1) is 12.2 Å². The fourth-order valence-corrected chi connectivity index (χ4v) is 1.48. The van der Waals surface area contributed by atoms with Crippen LogP contribution >= 0.6 is 0 Å². The normalized spacial score (nSPS) is 15.2. The Morgan fingerprint density at radius 2 is 1.23 bits per heavy atom. The summed E-state index contributed by atoms with van der Waals surface area (Å²) in [4.78, 5) is 0. The first-order valence-electron chi connectivity index (χ1n) is 7.72. The number of hydrogen-bond acceptors (Lipinski definition) is 2. The van der Waals surface area contributed by atoms with Gasteiger partial charge in [-0.05, 0) is 43.4 Å². The monoisotopic (exact) mass is 359 g/mol. The van der Waals surface area contributed by atoms with Crippen molar-refractivity contribution >= 4 is 0 Å². The Morgan fingerprint density at radius 1 is 0.909 bits per heavy atom. The van der Waals surface area contributed by atoms with Crippen LogP contribution < -0.4 is 0 Å². The topological polar surface area (TPSA) is 40.5 Å². The van der Waals surface area contributed by atoms with Crippen LogP contribution in [0.4, 0.5) is 0 Å². The molecule has 0 amide bonds. The molecule has 2 nitrogen and oxygen atoms in total. The van der Waals surface area contributed by atoms with Crippen LogP contribution in [0, 0.1) is 24.2 Å². The summed E-state index contributed by atoms with van der Waals surface area (Å²) in [5.74, 6) is 0.708. The molecule has 0 spiro atoms. The maximum Gasteiger partial charge on any atom is 0.0536 e. The van der Waals surface area contributed by atoms with Crippen molar-refractivity contribution in [3.05, 3.63) is 19.6 Å². The van der Waals surface area contributed by atoms with E-state index in [9.17, 15) is 0 Å². The zero-order valence-corrected chi connectivity index (χ0v) is 17.6. The SMILES string of the molecule is C=C(CC(C)C(C)(C)C)C(C)(C)C.CC(O)CC(C)O.[CH3-].[Ni]. The summed E-state index contributed by atoms with van der Waals surface area (Å²) in [7, 11) is 0. The van der Waals surface area contributed by atoms with Gasteiger partial charge in [-0.2, -0.15) is 0 Å². The molecule has 3 heteroatoms. The van der Waals surface area contributed by atoms with Crippen LogP contribution in [0.1, 0.15) is 75.2 Å². The van der Waals surface area contributed by atoms with Gasteiger partial charge in [-0.25, -0.2) is 0 Å². The average molecular weight is 360 g/mol. The maximum atomic E-state index is 8.56. The molecule has 0 fully saturated rings. The third kappa shape index (κ3) is 18.2. The van der Waals surface area contributed by atoms with Crippen molar-refractivity contribution in [2.24, 2.45) is 16.7 Å². The van der Waals surface area contributed by atoms with E-state index in [-0.39, 0.29) is 41.5 Å². The minimum atomic E-state index is -0.375. The molecular weight excluding hydrogens is 319 g/mol. The first-order valence-corrected chi connectivity index (χ1v) is 7.72. The fourth-order valence-electron chi connectivity index (χ4n) is 1.48. The molecular formula is C19H41NiO2-. The smallest absolute Gasteiger partial charge is 0.0536 e. The Bertz CT molecular complexity index is 264. The quantitative estimate of drug-likeness (QED) is 0.409. The number of allylic oxidation sites excluding steroid dienone is 1. The number of rotatable bonds is 4. The average Bonchev–Trinajstić information content (AvgIpc) is 2.12. The third-order valence-electron chi connectivity index (χ3n) is 3.77. The summed E-state index contributed by atoms with van der Waals surface area (Å²) in [6.45, 7) is 23.4.